The molecule has 1 aliphatic rings. The number of rotatable bonds is 7. The first-order chi connectivity index (χ1) is 12.6. The lowest BCUT2D eigenvalue weighted by Gasteiger charge is -2.26. The molecule has 1 saturated heterocycles. The Labute approximate surface area is 162 Å². The standard InChI is InChI=1S/C18H23ClN4O2S/c1-13-11-14(3-4-15(13)19)21-18-22-16(12-26-18)17(24)20-5-2-6-23-7-9-25-10-8-23/h3-4,11-12H,2,5-10H2,1H3,(H,20,24)(H,21,22). The van der Waals surface area contributed by atoms with Gasteiger partial charge in [0, 0.05) is 35.7 Å². The highest BCUT2D eigenvalue weighted by atomic mass is 35.5. The molecule has 0 saturated carbocycles. The normalized spacial score (nSPS) is 15.0. The topological polar surface area (TPSA) is 66.5 Å². The maximum Gasteiger partial charge on any atom is 0.270 e. The van der Waals surface area contributed by atoms with Crippen LogP contribution in [0.3, 0.4) is 0 Å². The molecule has 0 unspecified atom stereocenters. The molecule has 6 nitrogen and oxygen atoms in total. The van der Waals surface area contributed by atoms with Gasteiger partial charge in [-0.1, -0.05) is 11.6 Å². The molecule has 2 aromatic rings. The van der Waals surface area contributed by atoms with Crippen LogP contribution in [-0.4, -0.2) is 55.2 Å². The SMILES string of the molecule is Cc1cc(Nc2nc(C(=O)NCCCN3CCOCC3)cs2)ccc1Cl. The summed E-state index contributed by atoms with van der Waals surface area (Å²) in [6, 6.07) is 5.69. The van der Waals surface area contributed by atoms with Gasteiger partial charge in [0.25, 0.3) is 5.91 Å². The zero-order valence-electron chi connectivity index (χ0n) is 14.8. The van der Waals surface area contributed by atoms with Gasteiger partial charge in [-0.3, -0.25) is 9.69 Å². The molecule has 3 rings (SSSR count). The van der Waals surface area contributed by atoms with E-state index in [9.17, 15) is 4.79 Å². The van der Waals surface area contributed by atoms with E-state index in [-0.39, 0.29) is 5.91 Å². The zero-order chi connectivity index (χ0) is 18.4. The van der Waals surface area contributed by atoms with Crippen molar-refractivity contribution in [3.8, 4) is 0 Å². The van der Waals surface area contributed by atoms with Crippen LogP contribution in [0.2, 0.25) is 5.02 Å². The van der Waals surface area contributed by atoms with Crippen LogP contribution in [0.4, 0.5) is 10.8 Å². The first-order valence-electron chi connectivity index (χ1n) is 8.69. The van der Waals surface area contributed by atoms with E-state index < -0.39 is 0 Å². The van der Waals surface area contributed by atoms with Crippen LogP contribution in [0, 0.1) is 6.92 Å². The van der Waals surface area contributed by atoms with Gasteiger partial charge >= 0.3 is 0 Å². The molecule has 8 heteroatoms. The largest absolute Gasteiger partial charge is 0.379 e. The van der Waals surface area contributed by atoms with Gasteiger partial charge in [0.1, 0.15) is 5.69 Å². The van der Waals surface area contributed by atoms with Gasteiger partial charge in [-0.05, 0) is 43.7 Å². The van der Waals surface area contributed by atoms with Crippen molar-refractivity contribution in [1.29, 1.82) is 0 Å². The fourth-order valence-corrected chi connectivity index (χ4v) is 3.53. The lowest BCUT2D eigenvalue weighted by atomic mass is 10.2. The van der Waals surface area contributed by atoms with Crippen LogP contribution in [0.15, 0.2) is 23.6 Å². The molecule has 1 aromatic carbocycles. The number of nitrogens with zero attached hydrogens (tertiary/aromatic N) is 2. The lowest BCUT2D eigenvalue weighted by molar-refractivity contribution is 0.0374. The summed E-state index contributed by atoms with van der Waals surface area (Å²) in [4.78, 5) is 18.9. The quantitative estimate of drug-likeness (QED) is 0.705. The van der Waals surface area contributed by atoms with E-state index in [1.54, 1.807) is 5.38 Å². The molecule has 0 bridgehead atoms. The predicted molar refractivity (Wildman–Crippen MR) is 106 cm³/mol. The Hall–Kier alpha value is -1.67. The van der Waals surface area contributed by atoms with Crippen molar-refractivity contribution in [3.63, 3.8) is 0 Å². The summed E-state index contributed by atoms with van der Waals surface area (Å²) in [6.45, 7) is 7.11. The Morgan fingerprint density at radius 1 is 1.38 bits per heavy atom. The molecule has 0 atom stereocenters. The molecule has 1 aliphatic heterocycles. The number of aromatic nitrogens is 1. The van der Waals surface area contributed by atoms with Crippen LogP contribution in [0.5, 0.6) is 0 Å². The summed E-state index contributed by atoms with van der Waals surface area (Å²) < 4.78 is 5.33. The lowest BCUT2D eigenvalue weighted by Crippen LogP contribution is -2.38. The fraction of sp³-hybridized carbons (Fsp3) is 0.444. The molecule has 140 valence electrons. The third kappa shape index (κ3) is 5.41. The summed E-state index contributed by atoms with van der Waals surface area (Å²) in [5.74, 6) is -0.136. The van der Waals surface area contributed by atoms with Gasteiger partial charge in [0.05, 0.1) is 13.2 Å². The minimum atomic E-state index is -0.136. The molecule has 2 heterocycles. The molecule has 2 N–H and O–H groups in total. The van der Waals surface area contributed by atoms with Crippen LogP contribution in [0.1, 0.15) is 22.5 Å². The van der Waals surface area contributed by atoms with Crippen molar-refractivity contribution >= 4 is 39.7 Å². The molecule has 1 aromatic heterocycles. The number of hydrogen-bond acceptors (Lipinski definition) is 6. The number of halogens is 1. The van der Waals surface area contributed by atoms with Crippen LogP contribution in [0.25, 0.3) is 0 Å². The summed E-state index contributed by atoms with van der Waals surface area (Å²) >= 11 is 7.44. The Morgan fingerprint density at radius 3 is 2.96 bits per heavy atom. The molecular formula is C18H23ClN4O2S. The van der Waals surface area contributed by atoms with E-state index in [2.05, 4.69) is 20.5 Å². The molecule has 1 amide bonds. The summed E-state index contributed by atoms with van der Waals surface area (Å²) in [5.41, 5.74) is 2.33. The van der Waals surface area contributed by atoms with Gasteiger partial charge in [-0.2, -0.15) is 0 Å². The fourth-order valence-electron chi connectivity index (χ4n) is 2.70. The van der Waals surface area contributed by atoms with Crippen molar-refractivity contribution < 1.29 is 9.53 Å². The first-order valence-corrected chi connectivity index (χ1v) is 9.94. The summed E-state index contributed by atoms with van der Waals surface area (Å²) in [5, 5.41) is 9.32. The number of hydrogen-bond donors (Lipinski definition) is 2. The molecular weight excluding hydrogens is 372 g/mol. The van der Waals surface area contributed by atoms with Crippen LogP contribution >= 0.6 is 22.9 Å². The average Bonchev–Trinajstić information content (AvgIpc) is 3.11. The maximum atomic E-state index is 12.2. The second kappa shape index (κ2) is 9.32. The first kappa shape index (κ1) is 19.1. The van der Waals surface area contributed by atoms with Gasteiger partial charge in [-0.25, -0.2) is 4.98 Å². The number of thiazole rings is 1. The smallest absolute Gasteiger partial charge is 0.270 e. The number of ether oxygens (including phenoxy) is 1. The van der Waals surface area contributed by atoms with Crippen molar-refractivity contribution in [1.82, 2.24) is 15.2 Å². The van der Waals surface area contributed by atoms with E-state index in [4.69, 9.17) is 16.3 Å². The molecule has 0 radical (unpaired) electrons. The summed E-state index contributed by atoms with van der Waals surface area (Å²) in [7, 11) is 0. The monoisotopic (exact) mass is 394 g/mol. The highest BCUT2D eigenvalue weighted by molar-refractivity contribution is 7.14. The number of anilines is 2. The second-order valence-corrected chi connectivity index (χ2v) is 7.46. The van der Waals surface area contributed by atoms with Gasteiger partial charge in [-0.15, -0.1) is 11.3 Å². The highest BCUT2D eigenvalue weighted by Crippen LogP contribution is 2.24. The Bertz CT molecular complexity index is 747. The van der Waals surface area contributed by atoms with E-state index in [0.29, 0.717) is 17.4 Å². The number of benzene rings is 1. The number of carbonyl (C=O) groups is 1. The third-order valence-electron chi connectivity index (χ3n) is 4.19. The predicted octanol–water partition coefficient (Wildman–Crippen LogP) is 3.30. The van der Waals surface area contributed by atoms with Crippen LogP contribution < -0.4 is 10.6 Å². The van der Waals surface area contributed by atoms with Gasteiger partial charge in [0.15, 0.2) is 5.13 Å². The van der Waals surface area contributed by atoms with Crippen molar-refractivity contribution in [2.45, 2.75) is 13.3 Å². The van der Waals surface area contributed by atoms with E-state index in [0.717, 1.165) is 55.5 Å². The average molecular weight is 395 g/mol. The number of nitrogens with one attached hydrogen (secondary N) is 2. The molecule has 0 spiro atoms. The zero-order valence-corrected chi connectivity index (χ0v) is 16.3. The number of aryl methyl sites for hydroxylation is 1. The highest BCUT2D eigenvalue weighted by Gasteiger charge is 2.12. The molecule has 1 fully saturated rings. The van der Waals surface area contributed by atoms with Gasteiger partial charge < -0.3 is 15.4 Å². The van der Waals surface area contributed by atoms with Crippen molar-refractivity contribution in [3.05, 3.63) is 39.9 Å². The van der Waals surface area contributed by atoms with E-state index in [1.165, 1.54) is 11.3 Å². The van der Waals surface area contributed by atoms with Crippen molar-refractivity contribution in [2.24, 2.45) is 0 Å². The minimum Gasteiger partial charge on any atom is -0.379 e. The summed E-state index contributed by atoms with van der Waals surface area (Å²) in [6.07, 6.45) is 0.922. The molecule has 26 heavy (non-hydrogen) atoms. The maximum absolute atomic E-state index is 12.2. The van der Waals surface area contributed by atoms with E-state index in [1.807, 2.05) is 25.1 Å². The van der Waals surface area contributed by atoms with Crippen LogP contribution in [-0.2, 0) is 4.74 Å². The van der Waals surface area contributed by atoms with Crippen molar-refractivity contribution in [2.75, 3.05) is 44.7 Å². The third-order valence-corrected chi connectivity index (χ3v) is 5.37. The Kier molecular flexibility index (Phi) is 6.85. The second-order valence-electron chi connectivity index (χ2n) is 6.19. The van der Waals surface area contributed by atoms with E-state index >= 15 is 0 Å². The number of amides is 1. The minimum absolute atomic E-state index is 0.136. The van der Waals surface area contributed by atoms with Gasteiger partial charge in [0.2, 0.25) is 0 Å². The number of morpholine rings is 1. The Balaban J connectivity index is 1.44. The Morgan fingerprint density at radius 2 is 2.19 bits per heavy atom. The molecule has 0 aliphatic carbocycles. The number of carbonyl (C=O) groups excluding carboxylic acids is 1.